The lowest BCUT2D eigenvalue weighted by Gasteiger charge is -2.30. The highest BCUT2D eigenvalue weighted by Gasteiger charge is 2.12. The Bertz CT molecular complexity index is 327. The molecule has 15 heavy (non-hydrogen) atoms. The van der Waals surface area contributed by atoms with Crippen LogP contribution in [-0.2, 0) is 6.54 Å². The Morgan fingerprint density at radius 2 is 1.93 bits per heavy atom. The SMILES string of the molecule is Cc1ccc(CN)cc1N1CCCCC1. The Kier molecular flexibility index (Phi) is 3.27. The van der Waals surface area contributed by atoms with Crippen LogP contribution in [0.1, 0.15) is 30.4 Å². The van der Waals surface area contributed by atoms with Gasteiger partial charge in [-0.05, 0) is 43.4 Å². The molecule has 1 fully saturated rings. The van der Waals surface area contributed by atoms with Gasteiger partial charge in [0.1, 0.15) is 0 Å². The van der Waals surface area contributed by atoms with Gasteiger partial charge in [0.2, 0.25) is 0 Å². The molecule has 0 aliphatic carbocycles. The van der Waals surface area contributed by atoms with Gasteiger partial charge >= 0.3 is 0 Å². The number of hydrogen-bond acceptors (Lipinski definition) is 2. The largest absolute Gasteiger partial charge is 0.371 e. The number of rotatable bonds is 2. The van der Waals surface area contributed by atoms with Gasteiger partial charge in [-0.1, -0.05) is 12.1 Å². The molecule has 0 atom stereocenters. The summed E-state index contributed by atoms with van der Waals surface area (Å²) in [5.74, 6) is 0. The molecule has 82 valence electrons. The summed E-state index contributed by atoms with van der Waals surface area (Å²) in [6, 6.07) is 6.57. The lowest BCUT2D eigenvalue weighted by Crippen LogP contribution is -2.30. The molecule has 0 spiro atoms. The number of nitrogens with zero attached hydrogens (tertiary/aromatic N) is 1. The van der Waals surface area contributed by atoms with Gasteiger partial charge in [0.15, 0.2) is 0 Å². The molecular formula is C13H20N2. The highest BCUT2D eigenvalue weighted by Crippen LogP contribution is 2.24. The minimum Gasteiger partial charge on any atom is -0.371 e. The highest BCUT2D eigenvalue weighted by molar-refractivity contribution is 5.55. The van der Waals surface area contributed by atoms with Gasteiger partial charge in [0, 0.05) is 25.3 Å². The van der Waals surface area contributed by atoms with E-state index in [0.29, 0.717) is 6.54 Å². The minimum atomic E-state index is 0.640. The molecule has 0 bridgehead atoms. The zero-order valence-corrected chi connectivity index (χ0v) is 9.50. The maximum Gasteiger partial charge on any atom is 0.0399 e. The van der Waals surface area contributed by atoms with Gasteiger partial charge in [-0.3, -0.25) is 0 Å². The summed E-state index contributed by atoms with van der Waals surface area (Å²) in [7, 11) is 0. The Balaban J connectivity index is 2.24. The fraction of sp³-hybridized carbons (Fsp3) is 0.538. The second-order valence-electron chi connectivity index (χ2n) is 4.37. The van der Waals surface area contributed by atoms with Gasteiger partial charge in [0.05, 0.1) is 0 Å². The summed E-state index contributed by atoms with van der Waals surface area (Å²) in [5.41, 5.74) is 9.67. The molecule has 1 aromatic rings. The summed E-state index contributed by atoms with van der Waals surface area (Å²) in [4.78, 5) is 2.50. The minimum absolute atomic E-state index is 0.640. The average molecular weight is 204 g/mol. The molecule has 0 saturated carbocycles. The number of benzene rings is 1. The topological polar surface area (TPSA) is 29.3 Å². The van der Waals surface area contributed by atoms with E-state index in [1.807, 2.05) is 0 Å². The first-order chi connectivity index (χ1) is 7.31. The molecule has 2 nitrogen and oxygen atoms in total. The van der Waals surface area contributed by atoms with Crippen molar-refractivity contribution in [3.8, 4) is 0 Å². The van der Waals surface area contributed by atoms with E-state index in [4.69, 9.17) is 5.73 Å². The van der Waals surface area contributed by atoms with E-state index in [1.165, 1.54) is 49.2 Å². The van der Waals surface area contributed by atoms with Gasteiger partial charge < -0.3 is 10.6 Å². The van der Waals surface area contributed by atoms with Gasteiger partial charge in [-0.25, -0.2) is 0 Å². The van der Waals surface area contributed by atoms with E-state index in [-0.39, 0.29) is 0 Å². The Morgan fingerprint density at radius 3 is 2.60 bits per heavy atom. The van der Waals surface area contributed by atoms with Gasteiger partial charge in [-0.2, -0.15) is 0 Å². The van der Waals surface area contributed by atoms with Crippen molar-refractivity contribution in [1.82, 2.24) is 0 Å². The van der Waals surface area contributed by atoms with Crippen LogP contribution in [0.5, 0.6) is 0 Å². The Hall–Kier alpha value is -1.02. The van der Waals surface area contributed by atoms with Crippen LogP contribution in [0.25, 0.3) is 0 Å². The molecule has 0 unspecified atom stereocenters. The average Bonchev–Trinajstić information content (AvgIpc) is 2.31. The Morgan fingerprint density at radius 1 is 1.20 bits per heavy atom. The van der Waals surface area contributed by atoms with Crippen molar-refractivity contribution >= 4 is 5.69 Å². The van der Waals surface area contributed by atoms with Crippen LogP contribution in [0.15, 0.2) is 18.2 Å². The van der Waals surface area contributed by atoms with Crippen LogP contribution < -0.4 is 10.6 Å². The monoisotopic (exact) mass is 204 g/mol. The molecule has 1 aliphatic rings. The molecule has 0 aromatic heterocycles. The standard InChI is InChI=1S/C13H20N2/c1-11-5-6-12(10-14)9-13(11)15-7-3-2-4-8-15/h5-6,9H,2-4,7-8,10,14H2,1H3. The summed E-state index contributed by atoms with van der Waals surface area (Å²) in [5, 5.41) is 0. The van der Waals surface area contributed by atoms with Crippen molar-refractivity contribution in [3.63, 3.8) is 0 Å². The smallest absolute Gasteiger partial charge is 0.0399 e. The van der Waals surface area contributed by atoms with E-state index in [2.05, 4.69) is 30.0 Å². The molecule has 0 radical (unpaired) electrons. The second kappa shape index (κ2) is 4.67. The maximum absolute atomic E-state index is 5.68. The maximum atomic E-state index is 5.68. The zero-order valence-electron chi connectivity index (χ0n) is 9.50. The summed E-state index contributed by atoms with van der Waals surface area (Å²) in [6.07, 6.45) is 4.03. The molecule has 0 amide bonds. The summed E-state index contributed by atoms with van der Waals surface area (Å²) < 4.78 is 0. The first-order valence-electron chi connectivity index (χ1n) is 5.86. The fourth-order valence-electron chi connectivity index (χ4n) is 2.26. The van der Waals surface area contributed by atoms with Crippen LogP contribution in [0, 0.1) is 6.92 Å². The molecule has 2 N–H and O–H groups in total. The third-order valence-electron chi connectivity index (χ3n) is 3.21. The number of piperidine rings is 1. The first-order valence-corrected chi connectivity index (χ1v) is 5.86. The first kappa shape index (κ1) is 10.5. The van der Waals surface area contributed by atoms with Crippen LogP contribution in [0.3, 0.4) is 0 Å². The zero-order chi connectivity index (χ0) is 10.7. The van der Waals surface area contributed by atoms with Crippen molar-refractivity contribution in [1.29, 1.82) is 0 Å². The van der Waals surface area contributed by atoms with Crippen molar-refractivity contribution in [2.24, 2.45) is 5.73 Å². The third kappa shape index (κ3) is 2.32. The summed E-state index contributed by atoms with van der Waals surface area (Å²) in [6.45, 7) is 5.23. The van der Waals surface area contributed by atoms with Gasteiger partial charge in [-0.15, -0.1) is 0 Å². The van der Waals surface area contributed by atoms with Crippen LogP contribution in [0.4, 0.5) is 5.69 Å². The second-order valence-corrected chi connectivity index (χ2v) is 4.37. The van der Waals surface area contributed by atoms with Crippen LogP contribution in [-0.4, -0.2) is 13.1 Å². The fourth-order valence-corrected chi connectivity index (χ4v) is 2.26. The van der Waals surface area contributed by atoms with Crippen molar-refractivity contribution in [2.45, 2.75) is 32.7 Å². The molecule has 2 rings (SSSR count). The normalized spacial score (nSPS) is 16.8. The molecule has 1 aromatic carbocycles. The third-order valence-corrected chi connectivity index (χ3v) is 3.21. The van der Waals surface area contributed by atoms with Gasteiger partial charge in [0.25, 0.3) is 0 Å². The lowest BCUT2D eigenvalue weighted by molar-refractivity contribution is 0.577. The van der Waals surface area contributed by atoms with Crippen molar-refractivity contribution < 1.29 is 0 Å². The van der Waals surface area contributed by atoms with E-state index < -0.39 is 0 Å². The molecule has 1 heterocycles. The van der Waals surface area contributed by atoms with Crippen molar-refractivity contribution in [2.75, 3.05) is 18.0 Å². The predicted molar refractivity (Wildman–Crippen MR) is 65.1 cm³/mol. The van der Waals surface area contributed by atoms with Crippen molar-refractivity contribution in [3.05, 3.63) is 29.3 Å². The molecule has 1 aliphatic heterocycles. The molecular weight excluding hydrogens is 184 g/mol. The van der Waals surface area contributed by atoms with E-state index >= 15 is 0 Å². The summed E-state index contributed by atoms with van der Waals surface area (Å²) >= 11 is 0. The molecule has 2 heteroatoms. The van der Waals surface area contributed by atoms with E-state index in [1.54, 1.807) is 0 Å². The highest BCUT2D eigenvalue weighted by atomic mass is 15.1. The number of hydrogen-bond donors (Lipinski definition) is 1. The van der Waals surface area contributed by atoms with E-state index in [0.717, 1.165) is 0 Å². The van der Waals surface area contributed by atoms with Crippen LogP contribution in [0.2, 0.25) is 0 Å². The number of aryl methyl sites for hydroxylation is 1. The Labute approximate surface area is 92.1 Å². The lowest BCUT2D eigenvalue weighted by atomic mass is 10.1. The predicted octanol–water partition coefficient (Wildman–Crippen LogP) is 2.44. The van der Waals surface area contributed by atoms with Crippen LogP contribution >= 0.6 is 0 Å². The quantitative estimate of drug-likeness (QED) is 0.801. The van der Waals surface area contributed by atoms with E-state index in [9.17, 15) is 0 Å². The number of anilines is 1. The number of nitrogens with two attached hydrogens (primary N) is 1. The molecule has 1 saturated heterocycles.